The Bertz CT molecular complexity index is 1580. The average molecular weight is 628 g/mol. The number of rotatable bonds is 9. The highest BCUT2D eigenvalue weighted by Gasteiger charge is 2.29. The monoisotopic (exact) mass is 626 g/mol. The molecule has 0 spiro atoms. The van der Waals surface area contributed by atoms with Crippen molar-refractivity contribution in [3.8, 4) is 0 Å². The van der Waals surface area contributed by atoms with Crippen molar-refractivity contribution in [1.29, 1.82) is 0 Å². The molecule has 1 amide bonds. The zero-order chi connectivity index (χ0) is 27.6. The van der Waals surface area contributed by atoms with Gasteiger partial charge in [0.1, 0.15) is 0 Å². The Morgan fingerprint density at radius 1 is 1.00 bits per heavy atom. The minimum Gasteiger partial charge on any atom is -0.302 e. The van der Waals surface area contributed by atoms with Gasteiger partial charge in [0.05, 0.1) is 15.1 Å². The molecular weight excluding hydrogens is 596 g/mol. The van der Waals surface area contributed by atoms with E-state index in [2.05, 4.69) is 40.7 Å². The van der Waals surface area contributed by atoms with Crippen LogP contribution in [0.1, 0.15) is 35.3 Å². The van der Waals surface area contributed by atoms with Crippen molar-refractivity contribution < 1.29 is 13.2 Å². The number of carbonyl (C=O) groups is 1. The molecule has 204 valence electrons. The molecule has 0 fully saturated rings. The summed E-state index contributed by atoms with van der Waals surface area (Å²) in [6, 6.07) is 20.1. The molecule has 0 atom stereocenters. The van der Waals surface area contributed by atoms with Crippen molar-refractivity contribution in [3.05, 3.63) is 87.9 Å². The van der Waals surface area contributed by atoms with E-state index in [-0.39, 0.29) is 10.8 Å². The fourth-order valence-corrected chi connectivity index (χ4v) is 7.78. The van der Waals surface area contributed by atoms with Crippen molar-refractivity contribution in [2.24, 2.45) is 0 Å². The molecule has 39 heavy (non-hydrogen) atoms. The average Bonchev–Trinajstić information content (AvgIpc) is 3.37. The number of likely N-dealkylation sites (N-methyl/N-ethyl adjacent to an activating group) is 1. The van der Waals surface area contributed by atoms with Crippen molar-refractivity contribution >= 4 is 58.5 Å². The lowest BCUT2D eigenvalue weighted by Gasteiger charge is -2.28. The molecule has 0 unspecified atom stereocenters. The first-order chi connectivity index (χ1) is 18.8. The smallest absolute Gasteiger partial charge is 0.260 e. The van der Waals surface area contributed by atoms with Crippen LogP contribution >= 0.6 is 27.3 Å². The Hall–Kier alpha value is -2.63. The van der Waals surface area contributed by atoms with Gasteiger partial charge >= 0.3 is 0 Å². The summed E-state index contributed by atoms with van der Waals surface area (Å²) < 4.78 is 30.3. The molecule has 0 radical (unpaired) electrons. The number of hydrogen-bond donors (Lipinski definition) is 0. The molecule has 5 rings (SSSR count). The van der Waals surface area contributed by atoms with Crippen LogP contribution in [0, 0.1) is 0 Å². The van der Waals surface area contributed by atoms with Gasteiger partial charge in [-0.1, -0.05) is 65.4 Å². The molecule has 1 aliphatic rings. The highest BCUT2D eigenvalue weighted by molar-refractivity contribution is 9.10. The molecular formula is C29H31BrN4O3S2. The standard InChI is InChI=1S/C29H31BrN4O3S2/c1-3-32(4-2)17-18-34(29-31-26-14-11-24(30)19-27(26)38-29)28(35)22-9-12-25(13-10-22)39(36,37)33-16-15-21-7-5-6-8-23(21)20-33/h5-14,19H,3-4,15-18,20H2,1-2H3. The minimum atomic E-state index is -3.68. The van der Waals surface area contributed by atoms with Gasteiger partial charge in [0.2, 0.25) is 10.0 Å². The van der Waals surface area contributed by atoms with Gasteiger partial charge in [0, 0.05) is 36.2 Å². The van der Waals surface area contributed by atoms with Gasteiger partial charge in [0.25, 0.3) is 5.91 Å². The van der Waals surface area contributed by atoms with Gasteiger partial charge < -0.3 is 4.90 Å². The molecule has 1 aliphatic heterocycles. The lowest BCUT2D eigenvalue weighted by atomic mass is 10.0. The van der Waals surface area contributed by atoms with Gasteiger partial charge in [-0.25, -0.2) is 13.4 Å². The van der Waals surface area contributed by atoms with E-state index in [0.717, 1.165) is 33.3 Å². The van der Waals surface area contributed by atoms with Crippen LogP contribution in [0.15, 0.2) is 76.1 Å². The number of hydrogen-bond acceptors (Lipinski definition) is 6. The van der Waals surface area contributed by atoms with Gasteiger partial charge in [-0.2, -0.15) is 4.31 Å². The third kappa shape index (κ3) is 5.95. The van der Waals surface area contributed by atoms with E-state index < -0.39 is 10.0 Å². The van der Waals surface area contributed by atoms with Gasteiger partial charge in [0.15, 0.2) is 5.13 Å². The molecule has 0 saturated carbocycles. The maximum Gasteiger partial charge on any atom is 0.260 e. The van der Waals surface area contributed by atoms with Crippen molar-refractivity contribution in [2.75, 3.05) is 37.6 Å². The second-order valence-corrected chi connectivity index (χ2v) is 13.3. The molecule has 7 nitrogen and oxygen atoms in total. The number of halogens is 1. The maximum absolute atomic E-state index is 13.8. The Kier molecular flexibility index (Phi) is 8.49. The van der Waals surface area contributed by atoms with E-state index in [1.54, 1.807) is 29.2 Å². The van der Waals surface area contributed by atoms with Crippen LogP contribution < -0.4 is 4.90 Å². The number of aromatic nitrogens is 1. The second kappa shape index (κ2) is 11.9. The van der Waals surface area contributed by atoms with Crippen LogP contribution in [0.3, 0.4) is 0 Å². The van der Waals surface area contributed by atoms with Gasteiger partial charge in [-0.15, -0.1) is 0 Å². The highest BCUT2D eigenvalue weighted by Crippen LogP contribution is 2.32. The highest BCUT2D eigenvalue weighted by atomic mass is 79.9. The van der Waals surface area contributed by atoms with Gasteiger partial charge in [-0.05, 0) is 73.1 Å². The van der Waals surface area contributed by atoms with E-state index in [1.165, 1.54) is 21.2 Å². The summed E-state index contributed by atoms with van der Waals surface area (Å²) in [6.07, 6.45) is 0.687. The Morgan fingerprint density at radius 2 is 1.72 bits per heavy atom. The number of nitrogens with zero attached hydrogens (tertiary/aromatic N) is 4. The van der Waals surface area contributed by atoms with E-state index in [9.17, 15) is 13.2 Å². The summed E-state index contributed by atoms with van der Waals surface area (Å²) in [4.78, 5) is 22.7. The lowest BCUT2D eigenvalue weighted by molar-refractivity contribution is 0.0983. The van der Waals surface area contributed by atoms with E-state index in [4.69, 9.17) is 4.98 Å². The number of anilines is 1. The lowest BCUT2D eigenvalue weighted by Crippen LogP contribution is -2.39. The van der Waals surface area contributed by atoms with E-state index >= 15 is 0 Å². The molecule has 0 saturated heterocycles. The van der Waals surface area contributed by atoms with Crippen LogP contribution in [-0.2, 0) is 23.0 Å². The molecule has 0 N–H and O–H groups in total. The minimum absolute atomic E-state index is 0.193. The molecule has 1 aromatic heterocycles. The summed E-state index contributed by atoms with van der Waals surface area (Å²) >= 11 is 4.98. The number of thiazole rings is 1. The predicted molar refractivity (Wildman–Crippen MR) is 161 cm³/mol. The molecule has 3 aromatic carbocycles. The topological polar surface area (TPSA) is 73.8 Å². The Labute approximate surface area is 242 Å². The quantitative estimate of drug-likeness (QED) is 0.235. The van der Waals surface area contributed by atoms with Crippen LogP contribution in [0.2, 0.25) is 0 Å². The third-order valence-electron chi connectivity index (χ3n) is 7.18. The van der Waals surface area contributed by atoms with Crippen LogP contribution in [0.5, 0.6) is 0 Å². The van der Waals surface area contributed by atoms with Crippen LogP contribution in [0.25, 0.3) is 10.2 Å². The second-order valence-electron chi connectivity index (χ2n) is 9.47. The Morgan fingerprint density at radius 3 is 2.44 bits per heavy atom. The normalized spacial score (nSPS) is 14.1. The number of fused-ring (bicyclic) bond motifs is 2. The van der Waals surface area contributed by atoms with Crippen LogP contribution in [0.4, 0.5) is 5.13 Å². The maximum atomic E-state index is 13.8. The molecule has 2 heterocycles. The summed E-state index contributed by atoms with van der Waals surface area (Å²) in [6.45, 7) is 7.96. The van der Waals surface area contributed by atoms with Crippen molar-refractivity contribution in [2.45, 2.75) is 31.7 Å². The van der Waals surface area contributed by atoms with E-state index in [1.807, 2.05) is 36.4 Å². The molecule has 10 heteroatoms. The number of sulfonamides is 1. The van der Waals surface area contributed by atoms with Crippen molar-refractivity contribution in [1.82, 2.24) is 14.2 Å². The SMILES string of the molecule is CCN(CC)CCN(C(=O)c1ccc(S(=O)(=O)N2CCc3ccccc3C2)cc1)c1nc2ccc(Br)cc2s1. The molecule has 0 bridgehead atoms. The fraction of sp³-hybridized carbons (Fsp3) is 0.310. The third-order valence-corrected chi connectivity index (χ3v) is 10.6. The molecule has 4 aromatic rings. The van der Waals surface area contributed by atoms with Crippen LogP contribution in [-0.4, -0.2) is 61.2 Å². The predicted octanol–water partition coefficient (Wildman–Crippen LogP) is 5.79. The zero-order valence-electron chi connectivity index (χ0n) is 22.0. The number of amides is 1. The number of carbonyl (C=O) groups excluding carboxylic acids is 1. The van der Waals surface area contributed by atoms with Gasteiger partial charge in [-0.3, -0.25) is 9.69 Å². The fourth-order valence-electron chi connectivity index (χ4n) is 4.82. The largest absolute Gasteiger partial charge is 0.302 e. The first kappa shape index (κ1) is 27.9. The van der Waals surface area contributed by atoms with Crippen molar-refractivity contribution in [3.63, 3.8) is 0 Å². The first-order valence-electron chi connectivity index (χ1n) is 13.1. The molecule has 0 aliphatic carbocycles. The Balaban J connectivity index is 1.40. The summed E-state index contributed by atoms with van der Waals surface area (Å²) in [5.41, 5.74) is 3.49. The first-order valence-corrected chi connectivity index (χ1v) is 16.1. The summed E-state index contributed by atoms with van der Waals surface area (Å²) in [7, 11) is -3.68. The summed E-state index contributed by atoms with van der Waals surface area (Å²) in [5, 5.41) is 0.629. The summed E-state index contributed by atoms with van der Waals surface area (Å²) in [5.74, 6) is -0.198. The zero-order valence-corrected chi connectivity index (χ0v) is 25.2. The van der Waals surface area contributed by atoms with E-state index in [0.29, 0.717) is 43.3 Å². The number of benzene rings is 3.